The number of aliphatic hydroxyl groups excluding tert-OH is 1. The molecule has 0 radical (unpaired) electrons. The van der Waals surface area contributed by atoms with E-state index in [1.54, 1.807) is 0 Å². The summed E-state index contributed by atoms with van der Waals surface area (Å²) in [6.07, 6.45) is 3.05. The highest BCUT2D eigenvalue weighted by Gasteiger charge is 2.30. The minimum atomic E-state index is -1.72. The fourth-order valence-corrected chi connectivity index (χ4v) is 2.88. The molecule has 11 N–H and O–H groups in total. The monoisotopic (exact) mass is 485 g/mol. The first kappa shape index (κ1) is 28.5. The zero-order valence-electron chi connectivity index (χ0n) is 18.4. The van der Waals surface area contributed by atoms with Gasteiger partial charge < -0.3 is 47.7 Å². The molecule has 0 aromatic carbocycles. The number of imidazole rings is 1. The zero-order chi connectivity index (χ0) is 25.7. The van der Waals surface area contributed by atoms with Crippen LogP contribution in [0.5, 0.6) is 0 Å². The van der Waals surface area contributed by atoms with Gasteiger partial charge in [-0.15, -0.1) is 0 Å². The second-order valence-corrected chi connectivity index (χ2v) is 7.47. The molecule has 4 atom stereocenters. The molecule has 0 aliphatic heterocycles. The summed E-state index contributed by atoms with van der Waals surface area (Å²) in [5.74, 6) is -5.58. The summed E-state index contributed by atoms with van der Waals surface area (Å²) in [4.78, 5) is 66.2. The van der Waals surface area contributed by atoms with E-state index in [-0.39, 0.29) is 12.8 Å². The summed E-state index contributed by atoms with van der Waals surface area (Å²) in [6.45, 7) is -0.495. The Kier molecular flexibility index (Phi) is 12.2. The molecule has 0 saturated heterocycles. The number of amides is 3. The quantitative estimate of drug-likeness (QED) is 0.103. The number of aromatic amines is 1. The molecule has 1 rings (SSSR count). The molecule has 1 aromatic heterocycles. The maximum Gasteiger partial charge on any atom is 0.326 e. The van der Waals surface area contributed by atoms with E-state index in [1.807, 2.05) is 0 Å². The van der Waals surface area contributed by atoms with Gasteiger partial charge in [0.1, 0.15) is 18.1 Å². The molecule has 0 bridgehead atoms. The van der Waals surface area contributed by atoms with Crippen LogP contribution in [0.4, 0.5) is 0 Å². The normalized spacial score (nSPS) is 14.3. The number of carbonyl (C=O) groups is 5. The Labute approximate surface area is 194 Å². The molecular weight excluding hydrogens is 454 g/mol. The van der Waals surface area contributed by atoms with Gasteiger partial charge in [0.25, 0.3) is 0 Å². The van der Waals surface area contributed by atoms with E-state index in [0.29, 0.717) is 25.1 Å². The highest BCUT2D eigenvalue weighted by molar-refractivity contribution is 5.94. The van der Waals surface area contributed by atoms with Crippen molar-refractivity contribution in [2.75, 3.05) is 13.2 Å². The van der Waals surface area contributed by atoms with Crippen molar-refractivity contribution < 1.29 is 39.3 Å². The number of nitrogens with one attached hydrogen (secondary N) is 4. The van der Waals surface area contributed by atoms with Gasteiger partial charge in [-0.25, -0.2) is 9.78 Å². The minimum absolute atomic E-state index is 0.0552. The number of H-pyrrole nitrogens is 1. The molecule has 0 aliphatic carbocycles. The number of carboxylic acids is 2. The van der Waals surface area contributed by atoms with E-state index in [4.69, 9.17) is 21.7 Å². The Morgan fingerprint density at radius 2 is 1.59 bits per heavy atom. The molecule has 190 valence electrons. The number of carbonyl (C=O) groups excluding carboxylic acids is 3. The van der Waals surface area contributed by atoms with Gasteiger partial charge in [0.05, 0.1) is 25.4 Å². The molecule has 3 amide bonds. The first-order valence-electron chi connectivity index (χ1n) is 10.5. The van der Waals surface area contributed by atoms with Gasteiger partial charge in [-0.1, -0.05) is 0 Å². The van der Waals surface area contributed by atoms with Crippen molar-refractivity contribution >= 4 is 29.7 Å². The fourth-order valence-electron chi connectivity index (χ4n) is 2.88. The number of hydrogen-bond donors (Lipinski definition) is 9. The number of nitrogens with zero attached hydrogens (tertiary/aromatic N) is 1. The standard InChI is InChI=1S/C19H31N7O8/c20-4-2-1-3-12(17(31)25-13(19(33)34)6-15(28)29)24-18(32)14(8-27)26-16(30)11(21)5-10-7-22-9-23-10/h7,9,11-14,27H,1-6,8,20-21H2,(H,22,23)(H,24,32)(H,25,31)(H,26,30)(H,28,29)(H,33,34). The number of aromatic nitrogens is 2. The van der Waals surface area contributed by atoms with Crippen molar-refractivity contribution in [2.24, 2.45) is 11.5 Å². The molecule has 0 aliphatic rings. The van der Waals surface area contributed by atoms with Crippen molar-refractivity contribution in [3.63, 3.8) is 0 Å². The van der Waals surface area contributed by atoms with Crippen LogP contribution in [0.15, 0.2) is 12.5 Å². The van der Waals surface area contributed by atoms with Gasteiger partial charge in [0.15, 0.2) is 0 Å². The van der Waals surface area contributed by atoms with Gasteiger partial charge >= 0.3 is 11.9 Å². The van der Waals surface area contributed by atoms with Crippen LogP contribution in [0.25, 0.3) is 0 Å². The van der Waals surface area contributed by atoms with Gasteiger partial charge in [-0.2, -0.15) is 0 Å². The summed E-state index contributed by atoms with van der Waals surface area (Å²) in [5, 5.41) is 34.3. The van der Waals surface area contributed by atoms with E-state index < -0.39 is 66.9 Å². The van der Waals surface area contributed by atoms with Crippen LogP contribution in [0.1, 0.15) is 31.4 Å². The summed E-state index contributed by atoms with van der Waals surface area (Å²) in [6, 6.07) is -5.48. The number of nitrogens with two attached hydrogens (primary N) is 2. The maximum atomic E-state index is 12.6. The van der Waals surface area contributed by atoms with Crippen molar-refractivity contribution in [1.29, 1.82) is 0 Å². The van der Waals surface area contributed by atoms with Crippen LogP contribution >= 0.6 is 0 Å². The van der Waals surface area contributed by atoms with Crippen molar-refractivity contribution in [1.82, 2.24) is 25.9 Å². The SMILES string of the molecule is NCCCCC(NC(=O)C(CO)NC(=O)C(N)Cc1cnc[nH]1)C(=O)NC(CC(=O)O)C(=O)O. The molecule has 1 aromatic rings. The Morgan fingerprint density at radius 1 is 0.971 bits per heavy atom. The highest BCUT2D eigenvalue weighted by atomic mass is 16.4. The molecule has 0 fully saturated rings. The Hall–Kier alpha value is -3.56. The van der Waals surface area contributed by atoms with Crippen LogP contribution in [-0.2, 0) is 30.4 Å². The Bertz CT molecular complexity index is 833. The average Bonchev–Trinajstić information content (AvgIpc) is 3.28. The predicted octanol–water partition coefficient (Wildman–Crippen LogP) is -3.59. The van der Waals surface area contributed by atoms with Gasteiger partial charge in [-0.3, -0.25) is 19.2 Å². The zero-order valence-corrected chi connectivity index (χ0v) is 18.4. The Balaban J connectivity index is 2.83. The molecular formula is C19H31N7O8. The van der Waals surface area contributed by atoms with Gasteiger partial charge in [-0.05, 0) is 25.8 Å². The van der Waals surface area contributed by atoms with E-state index in [9.17, 15) is 29.1 Å². The maximum absolute atomic E-state index is 12.6. The molecule has 34 heavy (non-hydrogen) atoms. The number of unbranched alkanes of at least 4 members (excludes halogenated alkanes) is 1. The van der Waals surface area contributed by atoms with E-state index in [2.05, 4.69) is 25.9 Å². The predicted molar refractivity (Wildman–Crippen MR) is 116 cm³/mol. The summed E-state index contributed by atoms with van der Waals surface area (Å²) in [5.41, 5.74) is 11.8. The van der Waals surface area contributed by atoms with Gasteiger partial charge in [0, 0.05) is 18.3 Å². The van der Waals surface area contributed by atoms with E-state index >= 15 is 0 Å². The van der Waals surface area contributed by atoms with E-state index in [0.717, 1.165) is 0 Å². The molecule has 4 unspecified atom stereocenters. The number of aliphatic carboxylic acids is 2. The minimum Gasteiger partial charge on any atom is -0.481 e. The van der Waals surface area contributed by atoms with Crippen LogP contribution in [0.3, 0.4) is 0 Å². The number of hydrogen-bond acceptors (Lipinski definition) is 9. The second kappa shape index (κ2) is 14.6. The Morgan fingerprint density at radius 3 is 2.12 bits per heavy atom. The summed E-state index contributed by atoms with van der Waals surface area (Å²) >= 11 is 0. The topological polar surface area (TPSA) is 263 Å². The molecule has 15 heteroatoms. The van der Waals surface area contributed by atoms with Crippen LogP contribution in [-0.4, -0.2) is 92.3 Å². The number of carboxylic acid groups (broad SMARTS) is 2. The summed E-state index contributed by atoms with van der Waals surface area (Å²) < 4.78 is 0. The summed E-state index contributed by atoms with van der Waals surface area (Å²) in [7, 11) is 0. The third kappa shape index (κ3) is 9.93. The smallest absolute Gasteiger partial charge is 0.326 e. The number of rotatable bonds is 16. The van der Waals surface area contributed by atoms with Crippen molar-refractivity contribution in [3.8, 4) is 0 Å². The third-order valence-electron chi connectivity index (χ3n) is 4.72. The molecule has 1 heterocycles. The molecule has 0 spiro atoms. The van der Waals surface area contributed by atoms with Crippen molar-refractivity contribution in [2.45, 2.75) is 56.3 Å². The molecule has 0 saturated carbocycles. The molecule has 15 nitrogen and oxygen atoms in total. The van der Waals surface area contributed by atoms with Crippen molar-refractivity contribution in [3.05, 3.63) is 18.2 Å². The van der Waals surface area contributed by atoms with Crippen LogP contribution in [0.2, 0.25) is 0 Å². The lowest BCUT2D eigenvalue weighted by Gasteiger charge is -2.24. The lowest BCUT2D eigenvalue weighted by atomic mass is 10.1. The lowest BCUT2D eigenvalue weighted by molar-refractivity contribution is -0.147. The lowest BCUT2D eigenvalue weighted by Crippen LogP contribution is -2.58. The van der Waals surface area contributed by atoms with E-state index in [1.165, 1.54) is 12.5 Å². The first-order chi connectivity index (χ1) is 16.1. The largest absolute Gasteiger partial charge is 0.481 e. The third-order valence-corrected chi connectivity index (χ3v) is 4.72. The van der Waals surface area contributed by atoms with Gasteiger partial charge in [0.2, 0.25) is 17.7 Å². The fraction of sp³-hybridized carbons (Fsp3) is 0.579. The first-order valence-corrected chi connectivity index (χ1v) is 10.5. The van der Waals surface area contributed by atoms with Crippen LogP contribution < -0.4 is 27.4 Å². The highest BCUT2D eigenvalue weighted by Crippen LogP contribution is 2.04. The van der Waals surface area contributed by atoms with Crippen LogP contribution in [0, 0.1) is 0 Å². The number of aliphatic hydroxyl groups is 1. The average molecular weight is 485 g/mol. The second-order valence-electron chi connectivity index (χ2n) is 7.47.